The lowest BCUT2D eigenvalue weighted by Crippen LogP contribution is -2.43. The van der Waals surface area contributed by atoms with Gasteiger partial charge in [0.1, 0.15) is 13.2 Å². The highest BCUT2D eigenvalue weighted by Gasteiger charge is 2.63. The molecule has 1 saturated heterocycles. The van der Waals surface area contributed by atoms with Crippen LogP contribution in [0, 0.1) is 11.8 Å². The molecule has 2 fully saturated rings. The zero-order valence-corrected chi connectivity index (χ0v) is 35.9. The number of rotatable bonds is 7. The lowest BCUT2D eigenvalue weighted by Gasteiger charge is -2.43. The molecule has 20 rings (SSSR count). The van der Waals surface area contributed by atoms with Crippen LogP contribution in [0.1, 0.15) is 80.8 Å². The van der Waals surface area contributed by atoms with Crippen molar-refractivity contribution in [3.8, 4) is 11.5 Å². The van der Waals surface area contributed by atoms with Gasteiger partial charge in [0.15, 0.2) is 11.5 Å². The van der Waals surface area contributed by atoms with E-state index in [9.17, 15) is 0 Å². The number of hydrogen-bond donors (Lipinski definition) is 0. The highest BCUT2D eigenvalue weighted by molar-refractivity contribution is 6.52. The zero-order valence-electron chi connectivity index (χ0n) is 35.9. The number of fused-ring (bicyclic) bond motifs is 1. The van der Waals surface area contributed by atoms with Gasteiger partial charge in [-0.3, -0.25) is 4.90 Å². The van der Waals surface area contributed by atoms with Gasteiger partial charge in [-0.1, -0.05) is 108 Å². The number of likely N-dealkylation sites (N-methyl/N-ethyl adjacent to an activating group) is 1. The molecule has 304 valence electrons. The van der Waals surface area contributed by atoms with Crippen LogP contribution in [0.3, 0.4) is 0 Å². The molecule has 11 aromatic carbocycles. The zero-order chi connectivity index (χ0) is 41.2. The van der Waals surface area contributed by atoms with Crippen LogP contribution in [0.2, 0.25) is 0 Å². The number of nitrogens with zero attached hydrogens (tertiary/aromatic N) is 1. The maximum atomic E-state index is 6.88. The van der Waals surface area contributed by atoms with E-state index in [-0.39, 0.29) is 11.5 Å². The fraction of sp³-hybridized carbons (Fsp3) is 0.226. The summed E-state index contributed by atoms with van der Waals surface area (Å²) >= 11 is 0. The molecule has 1 spiro atoms. The van der Waals surface area contributed by atoms with Gasteiger partial charge in [-0.2, -0.15) is 0 Å². The van der Waals surface area contributed by atoms with Crippen molar-refractivity contribution in [2.75, 3.05) is 13.6 Å². The van der Waals surface area contributed by atoms with Crippen molar-refractivity contribution in [2.45, 2.75) is 62.2 Å². The monoisotopic (exact) mass is 829 g/mol. The Hall–Kier alpha value is -6.68. The van der Waals surface area contributed by atoms with Crippen LogP contribution in [-0.4, -0.2) is 18.5 Å². The van der Waals surface area contributed by atoms with Gasteiger partial charge in [0.25, 0.3) is 0 Å². The third kappa shape index (κ3) is 3.06. The van der Waals surface area contributed by atoms with Crippen molar-refractivity contribution < 1.29 is 9.47 Å². The summed E-state index contributed by atoms with van der Waals surface area (Å²) in [5.74, 6) is 3.73. The van der Waals surface area contributed by atoms with Crippen molar-refractivity contribution >= 4 is 98.7 Å². The molecule has 1 heterocycles. The summed E-state index contributed by atoms with van der Waals surface area (Å²) in [6.07, 6.45) is 10.0. The normalized spacial score (nSPS) is 26.4. The van der Waals surface area contributed by atoms with E-state index in [2.05, 4.69) is 115 Å². The Morgan fingerprint density at radius 2 is 1.37 bits per heavy atom. The van der Waals surface area contributed by atoms with Crippen LogP contribution in [0.5, 0.6) is 11.5 Å². The lowest BCUT2D eigenvalue weighted by molar-refractivity contribution is 0.238. The average molecular weight is 830 g/mol. The van der Waals surface area contributed by atoms with Gasteiger partial charge in [-0.15, -0.1) is 0 Å². The molecule has 11 aromatic rings. The van der Waals surface area contributed by atoms with E-state index >= 15 is 0 Å². The summed E-state index contributed by atoms with van der Waals surface area (Å²) in [5, 5.41) is 28.1. The summed E-state index contributed by atoms with van der Waals surface area (Å²) < 4.78 is 13.5. The van der Waals surface area contributed by atoms with Crippen molar-refractivity contribution in [1.82, 2.24) is 4.90 Å². The second-order valence-electron chi connectivity index (χ2n) is 22.1. The molecule has 3 heteroatoms. The fourth-order valence-corrected chi connectivity index (χ4v) is 18.2. The van der Waals surface area contributed by atoms with E-state index in [1.165, 1.54) is 17.5 Å². The van der Waals surface area contributed by atoms with E-state index < -0.39 is 0 Å². The van der Waals surface area contributed by atoms with Crippen LogP contribution in [0.25, 0.3) is 98.7 Å². The van der Waals surface area contributed by atoms with Crippen LogP contribution < -0.4 is 25.1 Å². The van der Waals surface area contributed by atoms with E-state index in [1.807, 2.05) is 0 Å². The van der Waals surface area contributed by atoms with Gasteiger partial charge in [0.2, 0.25) is 0 Å². The number of benzene rings is 8. The second-order valence-corrected chi connectivity index (χ2v) is 22.1. The lowest BCUT2D eigenvalue weighted by atomic mass is 9.60. The molecule has 65 heavy (non-hydrogen) atoms. The summed E-state index contributed by atoms with van der Waals surface area (Å²) in [6, 6.07) is 33.8. The Morgan fingerprint density at radius 3 is 2.20 bits per heavy atom. The molecular weight excluding hydrogens is 791 g/mol. The van der Waals surface area contributed by atoms with Gasteiger partial charge in [0, 0.05) is 35.8 Å². The molecule has 0 radical (unpaired) electrons. The first-order chi connectivity index (χ1) is 32.1. The number of allylic oxidation sites excluding steroid dienone is 1. The second kappa shape index (κ2) is 9.78. The predicted octanol–water partition coefficient (Wildman–Crippen LogP) is 11.2. The van der Waals surface area contributed by atoms with Gasteiger partial charge < -0.3 is 9.47 Å². The molecule has 8 aliphatic carbocycles. The van der Waals surface area contributed by atoms with Crippen LogP contribution in [-0.2, 0) is 31.5 Å². The number of likely N-dealkylation sites (tertiary alicyclic amines) is 1. The third-order valence-corrected chi connectivity index (χ3v) is 19.7. The molecule has 3 nitrogen and oxygen atoms in total. The van der Waals surface area contributed by atoms with Crippen LogP contribution >= 0.6 is 0 Å². The molecule has 6 atom stereocenters. The Balaban J connectivity index is 0.916. The van der Waals surface area contributed by atoms with Gasteiger partial charge in [-0.25, -0.2) is 0 Å². The maximum absolute atomic E-state index is 6.88. The highest BCUT2D eigenvalue weighted by Crippen LogP contribution is 2.73. The minimum Gasteiger partial charge on any atom is -0.485 e. The summed E-state index contributed by atoms with van der Waals surface area (Å²) in [5.41, 5.74) is 18.7. The number of ether oxygens (including phenoxy) is 2. The van der Waals surface area contributed by atoms with Crippen molar-refractivity contribution in [1.29, 1.82) is 0 Å². The molecule has 0 aromatic heterocycles. The molecule has 0 N–H and O–H groups in total. The van der Waals surface area contributed by atoms with Crippen molar-refractivity contribution in [3.63, 3.8) is 0 Å². The first-order valence-corrected chi connectivity index (χ1v) is 24.4. The Morgan fingerprint density at radius 1 is 0.631 bits per heavy atom. The predicted molar refractivity (Wildman–Crippen MR) is 262 cm³/mol. The molecule has 1 aliphatic heterocycles. The minimum absolute atomic E-state index is 0.104. The smallest absolute Gasteiger partial charge is 0.162 e. The molecule has 9 aliphatic rings. The average Bonchev–Trinajstić information content (AvgIpc) is 4.19. The maximum Gasteiger partial charge on any atom is 0.162 e. The Bertz CT molecular complexity index is 4430. The van der Waals surface area contributed by atoms with Crippen LogP contribution in [0.4, 0.5) is 0 Å². The Labute approximate surface area is 372 Å². The van der Waals surface area contributed by atoms with E-state index in [4.69, 9.17) is 9.47 Å². The SMILES string of the molecule is CN1CC2C3=c4c5c6c7c(cc8c9c%10c%11c%12c%13c%14c(cc%15c%16c(c4c(c5c%11c79)c%12c%14%16)=C(C3)C%15)=CC3CC(=C8)C%10C%133)CC62C1c1ccc(OCc2ccccc2)c(OCc2ccccc2)c1. The van der Waals surface area contributed by atoms with Crippen LogP contribution in [0.15, 0.2) is 96.6 Å². The first kappa shape index (κ1) is 32.1. The standard InChI is InChI=1S/C62H39NO2/c1-63-23-37-36-20-34-18-31-16-32-15-29-14-30-17-33-19-35-22-62(37,61(63)28-12-13-38(64-24-26-8-4-2-5-9-26)39(21-28)65-25-27-10-6-3-7-11-27)60-46(35)51-45(33)50-41(30)40(29)48-44(32)49-42(31)43(34)52-47(36)59(60)58-56(51)54(50)53(48)55(49)57(52)58/h2-13,15-17,19,21,29,37,40-41,61H,14,18,20,22-25H2,1H3. The highest BCUT2D eigenvalue weighted by atomic mass is 16.5. The molecule has 0 bridgehead atoms. The largest absolute Gasteiger partial charge is 0.485 e. The molecule has 0 amide bonds. The minimum atomic E-state index is -0.104. The summed E-state index contributed by atoms with van der Waals surface area (Å²) in [6.45, 7) is 2.06. The number of hydrogen-bond acceptors (Lipinski definition) is 3. The first-order valence-electron chi connectivity index (χ1n) is 24.4. The van der Waals surface area contributed by atoms with Gasteiger partial charge in [0.05, 0.1) is 0 Å². The van der Waals surface area contributed by atoms with E-state index in [0.29, 0.717) is 36.9 Å². The Kier molecular flexibility index (Phi) is 4.82. The quantitative estimate of drug-likeness (QED) is 0.149. The molecular formula is C62H39NO2. The van der Waals surface area contributed by atoms with Gasteiger partial charge in [-0.05, 0) is 192 Å². The fourth-order valence-electron chi connectivity index (χ4n) is 18.2. The topological polar surface area (TPSA) is 21.7 Å². The summed E-state index contributed by atoms with van der Waals surface area (Å²) in [7, 11) is 2.44. The van der Waals surface area contributed by atoms with E-state index in [0.717, 1.165) is 48.4 Å². The van der Waals surface area contributed by atoms with E-state index in [1.54, 1.807) is 136 Å². The van der Waals surface area contributed by atoms with Crippen molar-refractivity contribution in [3.05, 3.63) is 162 Å². The molecule has 6 unspecified atom stereocenters. The molecule has 1 saturated carbocycles. The van der Waals surface area contributed by atoms with Gasteiger partial charge >= 0.3 is 0 Å². The summed E-state index contributed by atoms with van der Waals surface area (Å²) in [4.78, 5) is 2.77. The van der Waals surface area contributed by atoms with Crippen molar-refractivity contribution in [2.24, 2.45) is 11.8 Å². The third-order valence-electron chi connectivity index (χ3n) is 19.7.